The van der Waals surface area contributed by atoms with Gasteiger partial charge < -0.3 is 4.74 Å². The third kappa shape index (κ3) is 2.45. The van der Waals surface area contributed by atoms with Crippen LogP contribution < -0.4 is 4.74 Å². The molecule has 0 aromatic carbocycles. The summed E-state index contributed by atoms with van der Waals surface area (Å²) in [6, 6.07) is 3.24. The number of hydrogen-bond acceptors (Lipinski definition) is 2. The molecule has 0 bridgehead atoms. The molecule has 0 spiro atoms. The molecule has 66 valence electrons. The molecule has 4 heteroatoms. The van der Waals surface area contributed by atoms with Crippen LogP contribution in [0.25, 0.3) is 0 Å². The Balaban J connectivity index is 2.51. The van der Waals surface area contributed by atoms with Crippen LogP contribution in [0.4, 0.5) is 8.78 Å². The molecule has 1 rings (SSSR count). The van der Waals surface area contributed by atoms with Crippen molar-refractivity contribution in [3.8, 4) is 5.75 Å². The maximum atomic E-state index is 12.0. The monoisotopic (exact) mass is 173 g/mol. The molecule has 0 aliphatic rings. The molecular formula is C8H9F2NO. The summed E-state index contributed by atoms with van der Waals surface area (Å²) in [5.74, 6) is 0.387. The summed E-state index contributed by atoms with van der Waals surface area (Å²) in [6.45, 7) is -1.66. The fourth-order valence-corrected chi connectivity index (χ4v) is 0.713. The lowest BCUT2D eigenvalue weighted by Crippen LogP contribution is -2.21. The number of pyridine rings is 1. The van der Waals surface area contributed by atoms with Crippen LogP contribution in [0.15, 0.2) is 24.5 Å². The first-order valence-electron chi connectivity index (χ1n) is 3.55. The molecule has 1 aromatic rings. The third-order valence-electron chi connectivity index (χ3n) is 1.28. The molecule has 0 saturated heterocycles. The molecule has 2 nitrogen and oxygen atoms in total. The van der Waals surface area contributed by atoms with Crippen molar-refractivity contribution in [3.05, 3.63) is 24.5 Å². The predicted octanol–water partition coefficient (Wildman–Crippen LogP) is 1.77. The van der Waals surface area contributed by atoms with E-state index < -0.39 is 19.5 Å². The van der Waals surface area contributed by atoms with E-state index >= 15 is 0 Å². The van der Waals surface area contributed by atoms with Crippen LogP contribution in [-0.2, 0) is 0 Å². The summed E-state index contributed by atoms with van der Waals surface area (Å²) in [7, 11) is 0. The Kier molecular flexibility index (Phi) is 3.44. The Morgan fingerprint density at radius 3 is 2.67 bits per heavy atom. The molecule has 0 atom stereocenters. The molecule has 1 heterocycles. The van der Waals surface area contributed by atoms with Gasteiger partial charge in [0.05, 0.1) is 6.20 Å². The first-order valence-corrected chi connectivity index (χ1v) is 3.55. The number of nitrogens with zero attached hydrogens (tertiary/aromatic N) is 1. The van der Waals surface area contributed by atoms with Gasteiger partial charge in [-0.05, 0) is 12.1 Å². The van der Waals surface area contributed by atoms with E-state index in [-0.39, 0.29) is 0 Å². The zero-order valence-corrected chi connectivity index (χ0v) is 6.41. The Bertz CT molecular complexity index is 214. The lowest BCUT2D eigenvalue weighted by molar-refractivity contribution is 0.133. The molecule has 0 saturated carbocycles. The Hall–Kier alpha value is -1.19. The van der Waals surface area contributed by atoms with Crippen LogP contribution in [0.3, 0.4) is 0 Å². The minimum Gasteiger partial charge on any atom is -0.483 e. The van der Waals surface area contributed by atoms with Crippen molar-refractivity contribution in [1.82, 2.24) is 4.98 Å². The van der Waals surface area contributed by atoms with Gasteiger partial charge in [0.15, 0.2) is 6.10 Å². The van der Waals surface area contributed by atoms with Crippen LogP contribution in [0.1, 0.15) is 0 Å². The molecule has 0 aliphatic heterocycles. The number of halogens is 2. The Morgan fingerprint density at radius 1 is 1.42 bits per heavy atom. The molecule has 1 aromatic heterocycles. The lowest BCUT2D eigenvalue weighted by Gasteiger charge is -2.11. The Labute approximate surface area is 69.2 Å². The second kappa shape index (κ2) is 4.64. The van der Waals surface area contributed by atoms with E-state index in [4.69, 9.17) is 4.74 Å². The normalized spacial score (nSPS) is 10.2. The zero-order chi connectivity index (χ0) is 8.81. The molecule has 0 unspecified atom stereocenters. The second-order valence-electron chi connectivity index (χ2n) is 2.24. The van der Waals surface area contributed by atoms with Crippen LogP contribution in [0, 0.1) is 0 Å². The van der Waals surface area contributed by atoms with Gasteiger partial charge in [0.2, 0.25) is 0 Å². The molecule has 0 radical (unpaired) electrons. The molecule has 0 fully saturated rings. The van der Waals surface area contributed by atoms with E-state index in [2.05, 4.69) is 4.98 Å². The SMILES string of the molecule is FCC(CF)Oc1cccnc1. The minimum absolute atomic E-state index is 0.387. The summed E-state index contributed by atoms with van der Waals surface area (Å²) in [5.41, 5.74) is 0. The highest BCUT2D eigenvalue weighted by molar-refractivity contribution is 5.15. The van der Waals surface area contributed by atoms with Gasteiger partial charge in [-0.2, -0.15) is 0 Å². The van der Waals surface area contributed by atoms with Gasteiger partial charge in [-0.15, -0.1) is 0 Å². The maximum Gasteiger partial charge on any atom is 0.155 e. The minimum atomic E-state index is -1.01. The molecule has 12 heavy (non-hydrogen) atoms. The van der Waals surface area contributed by atoms with Crippen molar-refractivity contribution in [1.29, 1.82) is 0 Å². The van der Waals surface area contributed by atoms with Crippen LogP contribution in [0.5, 0.6) is 5.75 Å². The van der Waals surface area contributed by atoms with E-state index in [0.29, 0.717) is 5.75 Å². The maximum absolute atomic E-state index is 12.0. The average Bonchev–Trinajstić information content (AvgIpc) is 2.16. The second-order valence-corrected chi connectivity index (χ2v) is 2.24. The van der Waals surface area contributed by atoms with Crippen molar-refractivity contribution < 1.29 is 13.5 Å². The standard InChI is InChI=1S/C8H9F2NO/c9-4-8(5-10)12-7-2-1-3-11-6-7/h1-3,6,8H,4-5H2. The first-order chi connectivity index (χ1) is 5.86. The fourth-order valence-electron chi connectivity index (χ4n) is 0.713. The smallest absolute Gasteiger partial charge is 0.155 e. The zero-order valence-electron chi connectivity index (χ0n) is 6.41. The third-order valence-corrected chi connectivity index (χ3v) is 1.28. The highest BCUT2D eigenvalue weighted by Gasteiger charge is 2.08. The fraction of sp³-hybridized carbons (Fsp3) is 0.375. The van der Waals surface area contributed by atoms with Gasteiger partial charge >= 0.3 is 0 Å². The summed E-state index contributed by atoms with van der Waals surface area (Å²) < 4.78 is 28.8. The van der Waals surface area contributed by atoms with Gasteiger partial charge in [0.1, 0.15) is 19.1 Å². The number of aromatic nitrogens is 1. The summed E-state index contributed by atoms with van der Waals surface area (Å²) in [4.78, 5) is 3.74. The highest BCUT2D eigenvalue weighted by atomic mass is 19.1. The summed E-state index contributed by atoms with van der Waals surface area (Å²) in [6.07, 6.45) is 1.97. The number of hydrogen-bond donors (Lipinski definition) is 0. The topological polar surface area (TPSA) is 22.1 Å². The van der Waals surface area contributed by atoms with Crippen molar-refractivity contribution in [2.75, 3.05) is 13.3 Å². The number of alkyl halides is 2. The van der Waals surface area contributed by atoms with Gasteiger partial charge in [-0.25, -0.2) is 8.78 Å². The van der Waals surface area contributed by atoms with Crippen molar-refractivity contribution in [3.63, 3.8) is 0 Å². The first kappa shape index (κ1) is 8.90. The van der Waals surface area contributed by atoms with E-state index in [0.717, 1.165) is 0 Å². The summed E-state index contributed by atoms with van der Waals surface area (Å²) in [5, 5.41) is 0. The van der Waals surface area contributed by atoms with Crippen molar-refractivity contribution >= 4 is 0 Å². The van der Waals surface area contributed by atoms with Crippen LogP contribution in [-0.4, -0.2) is 24.4 Å². The molecular weight excluding hydrogens is 164 g/mol. The van der Waals surface area contributed by atoms with Gasteiger partial charge in [-0.3, -0.25) is 4.98 Å². The van der Waals surface area contributed by atoms with Crippen LogP contribution >= 0.6 is 0 Å². The summed E-state index contributed by atoms with van der Waals surface area (Å²) >= 11 is 0. The van der Waals surface area contributed by atoms with E-state index in [1.165, 1.54) is 6.20 Å². The Morgan fingerprint density at radius 2 is 2.17 bits per heavy atom. The number of rotatable bonds is 4. The van der Waals surface area contributed by atoms with E-state index in [1.807, 2.05) is 0 Å². The average molecular weight is 173 g/mol. The number of ether oxygens (including phenoxy) is 1. The van der Waals surface area contributed by atoms with Crippen LogP contribution in [0.2, 0.25) is 0 Å². The molecule has 0 amide bonds. The predicted molar refractivity (Wildman–Crippen MR) is 40.6 cm³/mol. The molecule has 0 aliphatic carbocycles. The van der Waals surface area contributed by atoms with Gasteiger partial charge in [-0.1, -0.05) is 0 Å². The van der Waals surface area contributed by atoms with Crippen molar-refractivity contribution in [2.24, 2.45) is 0 Å². The molecule has 0 N–H and O–H groups in total. The van der Waals surface area contributed by atoms with Gasteiger partial charge in [0.25, 0.3) is 0 Å². The van der Waals surface area contributed by atoms with Gasteiger partial charge in [0, 0.05) is 6.20 Å². The largest absolute Gasteiger partial charge is 0.483 e. The highest BCUT2D eigenvalue weighted by Crippen LogP contribution is 2.09. The van der Waals surface area contributed by atoms with Crippen molar-refractivity contribution in [2.45, 2.75) is 6.10 Å². The quantitative estimate of drug-likeness (QED) is 0.692. The van der Waals surface area contributed by atoms with E-state index in [1.54, 1.807) is 18.3 Å². The van der Waals surface area contributed by atoms with E-state index in [9.17, 15) is 8.78 Å². The lowest BCUT2D eigenvalue weighted by atomic mass is 10.4.